The SMILES string of the molecule is C=Cc1ccccc1OC(OC)C(C)C. The maximum Gasteiger partial charge on any atom is 0.201 e. The summed E-state index contributed by atoms with van der Waals surface area (Å²) in [5.74, 6) is 1.13. The Hall–Kier alpha value is -1.28. The zero-order valence-corrected chi connectivity index (χ0v) is 9.57. The highest BCUT2D eigenvalue weighted by Crippen LogP contribution is 2.22. The molecule has 1 unspecified atom stereocenters. The lowest BCUT2D eigenvalue weighted by molar-refractivity contribution is -0.0834. The van der Waals surface area contributed by atoms with Crippen LogP contribution in [0.15, 0.2) is 30.8 Å². The summed E-state index contributed by atoms with van der Waals surface area (Å²) in [6.45, 7) is 7.87. The quantitative estimate of drug-likeness (QED) is 0.688. The summed E-state index contributed by atoms with van der Waals surface area (Å²) in [5, 5.41) is 0. The van der Waals surface area contributed by atoms with Gasteiger partial charge in [-0.25, -0.2) is 0 Å². The standard InChI is InChI=1S/C13H18O2/c1-5-11-8-6-7-9-12(11)15-13(14-4)10(2)3/h5-10,13H,1H2,2-4H3. The Labute approximate surface area is 91.5 Å². The lowest BCUT2D eigenvalue weighted by Gasteiger charge is -2.21. The molecule has 0 aliphatic heterocycles. The van der Waals surface area contributed by atoms with Gasteiger partial charge in [-0.2, -0.15) is 0 Å². The van der Waals surface area contributed by atoms with Crippen molar-refractivity contribution in [1.82, 2.24) is 0 Å². The van der Waals surface area contributed by atoms with Crippen molar-refractivity contribution < 1.29 is 9.47 Å². The van der Waals surface area contributed by atoms with Gasteiger partial charge in [-0.1, -0.05) is 44.7 Å². The van der Waals surface area contributed by atoms with Crippen LogP contribution in [0.2, 0.25) is 0 Å². The molecule has 0 heterocycles. The van der Waals surface area contributed by atoms with E-state index >= 15 is 0 Å². The van der Waals surface area contributed by atoms with Crippen molar-refractivity contribution in [2.45, 2.75) is 20.1 Å². The smallest absolute Gasteiger partial charge is 0.201 e. The zero-order valence-electron chi connectivity index (χ0n) is 9.57. The third-order valence-corrected chi connectivity index (χ3v) is 2.16. The molecule has 2 nitrogen and oxygen atoms in total. The number of ether oxygens (including phenoxy) is 2. The first-order valence-corrected chi connectivity index (χ1v) is 5.10. The molecule has 0 spiro atoms. The Balaban J connectivity index is 2.82. The van der Waals surface area contributed by atoms with E-state index in [0.29, 0.717) is 5.92 Å². The van der Waals surface area contributed by atoms with E-state index in [0.717, 1.165) is 11.3 Å². The summed E-state index contributed by atoms with van der Waals surface area (Å²) in [6, 6.07) is 7.79. The highest BCUT2D eigenvalue weighted by Gasteiger charge is 2.14. The number of methoxy groups -OCH3 is 1. The van der Waals surface area contributed by atoms with Crippen LogP contribution >= 0.6 is 0 Å². The molecule has 0 fully saturated rings. The van der Waals surface area contributed by atoms with Crippen molar-refractivity contribution in [1.29, 1.82) is 0 Å². The number of hydrogen-bond acceptors (Lipinski definition) is 2. The van der Waals surface area contributed by atoms with Gasteiger partial charge in [-0.05, 0) is 6.07 Å². The Bertz CT molecular complexity index is 318. The highest BCUT2D eigenvalue weighted by atomic mass is 16.7. The zero-order chi connectivity index (χ0) is 11.3. The van der Waals surface area contributed by atoms with E-state index in [-0.39, 0.29) is 6.29 Å². The van der Waals surface area contributed by atoms with Gasteiger partial charge in [0, 0.05) is 18.6 Å². The maximum atomic E-state index is 5.75. The first-order valence-electron chi connectivity index (χ1n) is 5.10. The molecule has 0 aromatic heterocycles. The van der Waals surface area contributed by atoms with Gasteiger partial charge in [0.2, 0.25) is 6.29 Å². The fourth-order valence-electron chi connectivity index (χ4n) is 1.34. The van der Waals surface area contributed by atoms with Crippen LogP contribution in [-0.4, -0.2) is 13.4 Å². The average molecular weight is 206 g/mol. The molecule has 15 heavy (non-hydrogen) atoms. The topological polar surface area (TPSA) is 18.5 Å². The van der Waals surface area contributed by atoms with Crippen molar-refractivity contribution in [2.24, 2.45) is 5.92 Å². The second-order valence-corrected chi connectivity index (χ2v) is 3.71. The van der Waals surface area contributed by atoms with Gasteiger partial charge in [-0.15, -0.1) is 0 Å². The van der Waals surface area contributed by atoms with Crippen LogP contribution in [0.5, 0.6) is 5.75 Å². The monoisotopic (exact) mass is 206 g/mol. The Morgan fingerprint density at radius 2 is 1.93 bits per heavy atom. The lowest BCUT2D eigenvalue weighted by Crippen LogP contribution is -2.25. The van der Waals surface area contributed by atoms with E-state index < -0.39 is 0 Å². The second kappa shape index (κ2) is 5.56. The van der Waals surface area contributed by atoms with E-state index in [4.69, 9.17) is 9.47 Å². The van der Waals surface area contributed by atoms with Gasteiger partial charge in [0.05, 0.1) is 0 Å². The minimum Gasteiger partial charge on any atom is -0.464 e. The van der Waals surface area contributed by atoms with E-state index in [9.17, 15) is 0 Å². The van der Waals surface area contributed by atoms with Gasteiger partial charge in [0.1, 0.15) is 5.75 Å². The predicted molar refractivity (Wildman–Crippen MR) is 62.8 cm³/mol. The molecular formula is C13H18O2. The molecule has 1 atom stereocenters. The molecule has 0 radical (unpaired) electrons. The molecule has 0 saturated carbocycles. The van der Waals surface area contributed by atoms with E-state index in [1.165, 1.54) is 0 Å². The molecule has 0 aliphatic rings. The fourth-order valence-corrected chi connectivity index (χ4v) is 1.34. The average Bonchev–Trinajstić information content (AvgIpc) is 2.25. The molecule has 0 saturated heterocycles. The summed E-state index contributed by atoms with van der Waals surface area (Å²) in [7, 11) is 1.65. The third-order valence-electron chi connectivity index (χ3n) is 2.16. The van der Waals surface area contributed by atoms with Gasteiger partial charge < -0.3 is 9.47 Å². The molecular weight excluding hydrogens is 188 g/mol. The highest BCUT2D eigenvalue weighted by molar-refractivity contribution is 5.55. The molecule has 0 amide bonds. The maximum absolute atomic E-state index is 5.75. The Kier molecular flexibility index (Phi) is 4.37. The van der Waals surface area contributed by atoms with Crippen molar-refractivity contribution in [3.8, 4) is 5.75 Å². The number of hydrogen-bond donors (Lipinski definition) is 0. The van der Waals surface area contributed by atoms with Crippen LogP contribution in [0, 0.1) is 5.92 Å². The summed E-state index contributed by atoms with van der Waals surface area (Å²) < 4.78 is 11.0. The number of rotatable bonds is 5. The Morgan fingerprint density at radius 1 is 1.27 bits per heavy atom. The first kappa shape index (κ1) is 11.8. The lowest BCUT2D eigenvalue weighted by atomic mass is 10.2. The van der Waals surface area contributed by atoms with Crippen molar-refractivity contribution in [3.63, 3.8) is 0 Å². The van der Waals surface area contributed by atoms with Gasteiger partial charge in [-0.3, -0.25) is 0 Å². The summed E-state index contributed by atoms with van der Waals surface area (Å²) >= 11 is 0. The summed E-state index contributed by atoms with van der Waals surface area (Å²) in [5.41, 5.74) is 0.986. The molecule has 1 rings (SSSR count). The van der Waals surface area contributed by atoms with E-state index in [1.807, 2.05) is 24.3 Å². The first-order chi connectivity index (χ1) is 7.19. The van der Waals surface area contributed by atoms with Crippen LogP contribution in [0.25, 0.3) is 6.08 Å². The molecule has 0 bridgehead atoms. The molecule has 1 aromatic carbocycles. The van der Waals surface area contributed by atoms with E-state index in [1.54, 1.807) is 13.2 Å². The summed E-state index contributed by atoms with van der Waals surface area (Å²) in [6.07, 6.45) is 1.56. The van der Waals surface area contributed by atoms with Crippen molar-refractivity contribution >= 4 is 6.08 Å². The molecule has 0 N–H and O–H groups in total. The van der Waals surface area contributed by atoms with Gasteiger partial charge in [0.15, 0.2) is 0 Å². The van der Waals surface area contributed by atoms with Gasteiger partial charge in [0.25, 0.3) is 0 Å². The van der Waals surface area contributed by atoms with Crippen LogP contribution in [0.3, 0.4) is 0 Å². The molecule has 0 aliphatic carbocycles. The minimum absolute atomic E-state index is 0.217. The number of para-hydroxylation sites is 1. The fraction of sp³-hybridized carbons (Fsp3) is 0.385. The Morgan fingerprint density at radius 3 is 2.47 bits per heavy atom. The predicted octanol–water partition coefficient (Wildman–Crippen LogP) is 3.34. The number of benzene rings is 1. The second-order valence-electron chi connectivity index (χ2n) is 3.71. The third kappa shape index (κ3) is 3.10. The van der Waals surface area contributed by atoms with Crippen LogP contribution in [-0.2, 0) is 4.74 Å². The van der Waals surface area contributed by atoms with Crippen LogP contribution in [0.4, 0.5) is 0 Å². The van der Waals surface area contributed by atoms with Crippen molar-refractivity contribution in [2.75, 3.05) is 7.11 Å². The van der Waals surface area contributed by atoms with Crippen molar-refractivity contribution in [3.05, 3.63) is 36.4 Å². The van der Waals surface area contributed by atoms with E-state index in [2.05, 4.69) is 20.4 Å². The molecule has 82 valence electrons. The van der Waals surface area contributed by atoms with Crippen LogP contribution < -0.4 is 4.74 Å². The minimum atomic E-state index is -0.217. The normalized spacial score (nSPS) is 12.5. The largest absolute Gasteiger partial charge is 0.464 e. The molecule has 2 heteroatoms. The van der Waals surface area contributed by atoms with Crippen LogP contribution in [0.1, 0.15) is 19.4 Å². The summed E-state index contributed by atoms with van der Waals surface area (Å²) in [4.78, 5) is 0. The molecule has 1 aromatic rings. The van der Waals surface area contributed by atoms with Gasteiger partial charge >= 0.3 is 0 Å².